The van der Waals surface area contributed by atoms with Gasteiger partial charge >= 0.3 is 17.1 Å². The van der Waals surface area contributed by atoms with E-state index in [1.54, 1.807) is 0 Å². The first kappa shape index (κ1) is 9.19. The topological polar surface area (TPSA) is 69.2 Å². The van der Waals surface area contributed by atoms with Crippen LogP contribution in [0, 0.1) is 10.8 Å². The Hall–Kier alpha value is 0.689. The van der Waals surface area contributed by atoms with Crippen molar-refractivity contribution in [3.63, 3.8) is 0 Å². The van der Waals surface area contributed by atoms with Crippen molar-refractivity contribution in [3.8, 4) is 0 Å². The van der Waals surface area contributed by atoms with Gasteiger partial charge < -0.3 is 14.0 Å². The molecule has 0 aromatic heterocycles. The fourth-order valence-corrected chi connectivity index (χ4v) is 0. The van der Waals surface area contributed by atoms with Gasteiger partial charge in [0.15, 0.2) is 0 Å². The third-order valence-electron chi connectivity index (χ3n) is 0. The maximum atomic E-state index is 8.41. The Balaban J connectivity index is 0. The van der Waals surface area contributed by atoms with Crippen LogP contribution in [0.5, 0.6) is 0 Å². The third-order valence-corrected chi connectivity index (χ3v) is 0. The minimum Gasteiger partial charge on any atom is -0.357 e. The zero-order valence-electron chi connectivity index (χ0n) is 1.90. The Morgan fingerprint density at radius 1 is 1.00 bits per heavy atom. The standard InChI is InChI=1S/ClO3.Cu/c2-1(3)4;/q-1;+1. The second-order valence-corrected chi connectivity index (χ2v) is 0.567. The Bertz CT molecular complexity index is 11.6. The van der Waals surface area contributed by atoms with Crippen molar-refractivity contribution in [2.24, 2.45) is 0 Å². The van der Waals surface area contributed by atoms with Gasteiger partial charge in [-0.05, 0) is 0 Å². The molecule has 0 aliphatic rings. The summed E-state index contributed by atoms with van der Waals surface area (Å²) in [4.78, 5) is 0. The van der Waals surface area contributed by atoms with Gasteiger partial charge in [0, 0.05) is 0 Å². The van der Waals surface area contributed by atoms with Crippen LogP contribution in [-0.4, -0.2) is 0 Å². The van der Waals surface area contributed by atoms with Crippen molar-refractivity contribution in [2.75, 3.05) is 0 Å². The largest absolute Gasteiger partial charge is 1.00 e. The maximum absolute atomic E-state index is 8.41. The van der Waals surface area contributed by atoms with E-state index in [1.165, 1.54) is 0 Å². The van der Waals surface area contributed by atoms with E-state index >= 15 is 0 Å². The molecule has 0 bridgehead atoms. The third kappa shape index (κ3) is 71.4. The van der Waals surface area contributed by atoms with Gasteiger partial charge in [-0.25, -0.2) is 0 Å². The van der Waals surface area contributed by atoms with Crippen LogP contribution >= 0.6 is 0 Å². The minimum atomic E-state index is -2.85. The van der Waals surface area contributed by atoms with E-state index < -0.39 is 10.8 Å². The van der Waals surface area contributed by atoms with E-state index in [4.69, 9.17) is 14.0 Å². The molecule has 5 heavy (non-hydrogen) atoms. The summed E-state index contributed by atoms with van der Waals surface area (Å²) in [6.07, 6.45) is 0. The minimum absolute atomic E-state index is 0. The Morgan fingerprint density at radius 2 is 1.00 bits per heavy atom. The SMILES string of the molecule is [Cu+].[O-][Cl+2]([O-])[O-]. The molecule has 0 rings (SSSR count). The normalized spacial score (nSPS) is 7.20. The molecule has 0 fully saturated rings. The predicted molar refractivity (Wildman–Crippen MR) is 0 cm³/mol. The van der Waals surface area contributed by atoms with Crippen LogP contribution in [-0.2, 0) is 17.1 Å². The van der Waals surface area contributed by atoms with Gasteiger partial charge in [-0.15, -0.1) is 0 Å². The average molecular weight is 147 g/mol. The second kappa shape index (κ2) is 4.69. The molecule has 0 saturated carbocycles. The first-order valence-electron chi connectivity index (χ1n) is 0.463. The summed E-state index contributed by atoms with van der Waals surface area (Å²) in [6, 6.07) is 0. The summed E-state index contributed by atoms with van der Waals surface area (Å²) in [7, 11) is -2.85. The van der Waals surface area contributed by atoms with Gasteiger partial charge in [-0.2, -0.15) is 0 Å². The van der Waals surface area contributed by atoms with Crippen LogP contribution in [0.25, 0.3) is 0 Å². The van der Waals surface area contributed by atoms with Crippen LogP contribution in [0.3, 0.4) is 0 Å². The van der Waals surface area contributed by atoms with E-state index in [0.717, 1.165) is 0 Å². The fourth-order valence-electron chi connectivity index (χ4n) is 0. The van der Waals surface area contributed by atoms with Crippen molar-refractivity contribution in [1.29, 1.82) is 0 Å². The van der Waals surface area contributed by atoms with E-state index in [1.807, 2.05) is 0 Å². The molecule has 0 amide bonds. The molecular formula is ClCuO3. The molecule has 0 unspecified atom stereocenters. The molecule has 0 aliphatic carbocycles. The first-order chi connectivity index (χ1) is 1.73. The van der Waals surface area contributed by atoms with Crippen molar-refractivity contribution in [3.05, 3.63) is 0 Å². The van der Waals surface area contributed by atoms with E-state index in [2.05, 4.69) is 0 Å². The molecule has 0 N–H and O–H groups in total. The number of halogens is 1. The van der Waals surface area contributed by atoms with Crippen LogP contribution < -0.4 is 14.0 Å². The molecule has 0 aromatic carbocycles. The number of rotatable bonds is 0. The number of hydrogen-bond acceptors (Lipinski definition) is 3. The molecule has 0 atom stereocenters. The van der Waals surface area contributed by atoms with E-state index in [-0.39, 0.29) is 17.1 Å². The van der Waals surface area contributed by atoms with Crippen LogP contribution in [0.1, 0.15) is 0 Å². The van der Waals surface area contributed by atoms with Gasteiger partial charge in [0.25, 0.3) is 0 Å². The Labute approximate surface area is 42.5 Å². The molecule has 0 heterocycles. The summed E-state index contributed by atoms with van der Waals surface area (Å²) in [5.41, 5.74) is 0. The number of hydrogen-bond donors (Lipinski definition) is 0. The molecule has 0 aromatic rings. The first-order valence-corrected chi connectivity index (χ1v) is 1.39. The maximum Gasteiger partial charge on any atom is 1.00 e. The Morgan fingerprint density at radius 3 is 1.00 bits per heavy atom. The summed E-state index contributed by atoms with van der Waals surface area (Å²) in [6.45, 7) is 0. The van der Waals surface area contributed by atoms with Crippen molar-refractivity contribution < 1.29 is 41.8 Å². The van der Waals surface area contributed by atoms with E-state index in [9.17, 15) is 0 Å². The van der Waals surface area contributed by atoms with Crippen molar-refractivity contribution in [1.82, 2.24) is 0 Å². The Kier molecular flexibility index (Phi) is 8.62. The van der Waals surface area contributed by atoms with Crippen molar-refractivity contribution in [2.45, 2.75) is 0 Å². The quantitative estimate of drug-likeness (QED) is 0.333. The zero-order chi connectivity index (χ0) is 3.58. The zero-order valence-corrected chi connectivity index (χ0v) is 3.60. The summed E-state index contributed by atoms with van der Waals surface area (Å²) in [5.74, 6) is 0. The molecule has 3 nitrogen and oxygen atoms in total. The smallest absolute Gasteiger partial charge is 0.357 e. The van der Waals surface area contributed by atoms with Gasteiger partial charge in [0.05, 0.1) is 10.8 Å². The second-order valence-electron chi connectivity index (χ2n) is 0.189. The molecular weight excluding hydrogens is 147 g/mol. The van der Waals surface area contributed by atoms with E-state index in [0.29, 0.717) is 0 Å². The van der Waals surface area contributed by atoms with Crippen molar-refractivity contribution >= 4 is 0 Å². The van der Waals surface area contributed by atoms with Crippen LogP contribution in [0.2, 0.25) is 0 Å². The van der Waals surface area contributed by atoms with Crippen LogP contribution in [0.15, 0.2) is 0 Å². The van der Waals surface area contributed by atoms with Gasteiger partial charge in [-0.1, -0.05) is 0 Å². The molecule has 0 spiro atoms. The molecule has 0 radical (unpaired) electrons. The summed E-state index contributed by atoms with van der Waals surface area (Å²) < 4.78 is 25.2. The van der Waals surface area contributed by atoms with Crippen LogP contribution in [0.4, 0.5) is 0 Å². The fraction of sp³-hybridized carbons (Fsp3) is 0. The monoisotopic (exact) mass is 146 g/mol. The summed E-state index contributed by atoms with van der Waals surface area (Å²) >= 11 is 0. The molecule has 0 aliphatic heterocycles. The molecule has 36 valence electrons. The van der Waals surface area contributed by atoms with Gasteiger partial charge in [-0.3, -0.25) is 0 Å². The average Bonchev–Trinajstić information content (AvgIpc) is 0.811. The molecule has 0 saturated heterocycles. The summed E-state index contributed by atoms with van der Waals surface area (Å²) in [5, 5.41) is 0. The predicted octanol–water partition coefficient (Wildman–Crippen LogP) is -3.57. The molecule has 5 heteroatoms. The van der Waals surface area contributed by atoms with Gasteiger partial charge in [0.1, 0.15) is 0 Å². The van der Waals surface area contributed by atoms with Gasteiger partial charge in [0.2, 0.25) is 0 Å².